The number of hydrogen-bond acceptors (Lipinski definition) is 2. The van der Waals surface area contributed by atoms with Crippen LogP contribution in [-0.2, 0) is 11.2 Å². The molecule has 0 aliphatic heterocycles. The molecule has 2 aromatic carbocycles. The van der Waals surface area contributed by atoms with Crippen molar-refractivity contribution < 1.29 is 14.6 Å². The van der Waals surface area contributed by atoms with E-state index in [1.165, 1.54) is 0 Å². The Kier molecular flexibility index (Phi) is 5.04. The maximum absolute atomic E-state index is 11.3. The fourth-order valence-corrected chi connectivity index (χ4v) is 2.08. The summed E-state index contributed by atoms with van der Waals surface area (Å²) >= 11 is 9.12. The largest absolute Gasteiger partial charge is 0.478 e. The molecule has 0 unspecified atom stereocenters. The maximum Gasteiger partial charge on any atom is 0.345 e. The van der Waals surface area contributed by atoms with Crippen LogP contribution in [0.5, 0.6) is 5.75 Å². The van der Waals surface area contributed by atoms with E-state index in [0.29, 0.717) is 17.2 Å². The van der Waals surface area contributed by atoms with Crippen molar-refractivity contribution in [3.8, 4) is 5.75 Å². The van der Waals surface area contributed by atoms with E-state index in [9.17, 15) is 9.90 Å². The van der Waals surface area contributed by atoms with Gasteiger partial charge in [0.15, 0.2) is 6.10 Å². The van der Waals surface area contributed by atoms with Crippen molar-refractivity contribution in [1.29, 1.82) is 0 Å². The van der Waals surface area contributed by atoms with Crippen LogP contribution in [-0.4, -0.2) is 17.2 Å². The van der Waals surface area contributed by atoms with Gasteiger partial charge in [-0.2, -0.15) is 0 Å². The zero-order valence-corrected chi connectivity index (χ0v) is 12.8. The number of halogens is 2. The Morgan fingerprint density at radius 2 is 1.75 bits per heavy atom. The number of rotatable bonds is 5. The lowest BCUT2D eigenvalue weighted by molar-refractivity contribution is -0.145. The van der Waals surface area contributed by atoms with Gasteiger partial charge < -0.3 is 9.84 Å². The lowest BCUT2D eigenvalue weighted by Crippen LogP contribution is -2.29. The summed E-state index contributed by atoms with van der Waals surface area (Å²) in [5.41, 5.74) is 0.898. The number of hydrogen-bond donors (Lipinski definition) is 1. The lowest BCUT2D eigenvalue weighted by Gasteiger charge is -2.15. The van der Waals surface area contributed by atoms with Crippen LogP contribution in [0, 0.1) is 0 Å². The molecule has 0 aliphatic carbocycles. The molecule has 1 N–H and O–H groups in total. The highest BCUT2D eigenvalue weighted by Gasteiger charge is 2.20. The Morgan fingerprint density at radius 1 is 1.15 bits per heavy atom. The van der Waals surface area contributed by atoms with Gasteiger partial charge in [-0.25, -0.2) is 4.79 Å². The number of ether oxygens (including phenoxy) is 1. The van der Waals surface area contributed by atoms with Gasteiger partial charge in [-0.3, -0.25) is 0 Å². The second-order valence-electron chi connectivity index (χ2n) is 4.23. The minimum atomic E-state index is -0.997. The molecular formula is C15H12BrClO3. The van der Waals surface area contributed by atoms with Gasteiger partial charge in [-0.15, -0.1) is 0 Å². The van der Waals surface area contributed by atoms with Crippen LogP contribution in [0.2, 0.25) is 5.02 Å². The fourth-order valence-electron chi connectivity index (χ4n) is 1.69. The molecule has 5 heteroatoms. The van der Waals surface area contributed by atoms with Crippen LogP contribution in [0.3, 0.4) is 0 Å². The molecule has 0 bridgehead atoms. The Bertz CT molecular complexity index is 534. The third-order valence-corrected chi connectivity index (χ3v) is 3.48. The highest BCUT2D eigenvalue weighted by Crippen LogP contribution is 2.19. The lowest BCUT2D eigenvalue weighted by atomic mass is 10.1. The van der Waals surface area contributed by atoms with Crippen LogP contribution in [0.1, 0.15) is 5.56 Å². The molecule has 0 spiro atoms. The average molecular weight is 356 g/mol. The summed E-state index contributed by atoms with van der Waals surface area (Å²) in [5, 5.41) is 9.83. The van der Waals surface area contributed by atoms with E-state index in [-0.39, 0.29) is 0 Å². The SMILES string of the molecule is O=C(O)[C@H](Cc1ccc(Br)cc1)Oc1ccc(Cl)cc1. The molecule has 0 saturated carbocycles. The minimum Gasteiger partial charge on any atom is -0.478 e. The third kappa shape index (κ3) is 4.25. The second kappa shape index (κ2) is 6.77. The molecular weight excluding hydrogens is 344 g/mol. The van der Waals surface area contributed by atoms with Gasteiger partial charge in [0.25, 0.3) is 0 Å². The van der Waals surface area contributed by atoms with Crippen LogP contribution in [0.15, 0.2) is 53.0 Å². The monoisotopic (exact) mass is 354 g/mol. The van der Waals surface area contributed by atoms with Crippen molar-refractivity contribution in [2.75, 3.05) is 0 Å². The molecule has 0 radical (unpaired) electrons. The number of benzene rings is 2. The quantitative estimate of drug-likeness (QED) is 0.875. The molecule has 2 rings (SSSR count). The molecule has 104 valence electrons. The Labute approximate surface area is 130 Å². The first kappa shape index (κ1) is 14.9. The number of aliphatic carboxylic acids is 1. The first-order chi connectivity index (χ1) is 9.54. The number of carboxylic acid groups (broad SMARTS) is 1. The zero-order chi connectivity index (χ0) is 14.5. The van der Waals surface area contributed by atoms with E-state index in [4.69, 9.17) is 16.3 Å². The summed E-state index contributed by atoms with van der Waals surface area (Å²) in [6.45, 7) is 0. The maximum atomic E-state index is 11.3. The van der Waals surface area contributed by atoms with Crippen molar-refractivity contribution in [2.24, 2.45) is 0 Å². The fraction of sp³-hybridized carbons (Fsp3) is 0.133. The van der Waals surface area contributed by atoms with Gasteiger partial charge in [0.2, 0.25) is 0 Å². The van der Waals surface area contributed by atoms with Crippen LogP contribution >= 0.6 is 27.5 Å². The van der Waals surface area contributed by atoms with E-state index in [1.54, 1.807) is 24.3 Å². The van der Waals surface area contributed by atoms with Crippen molar-refractivity contribution in [3.63, 3.8) is 0 Å². The van der Waals surface area contributed by atoms with Gasteiger partial charge in [-0.05, 0) is 42.0 Å². The van der Waals surface area contributed by atoms with Crippen LogP contribution in [0.4, 0.5) is 0 Å². The van der Waals surface area contributed by atoms with E-state index in [1.807, 2.05) is 24.3 Å². The molecule has 0 saturated heterocycles. The first-order valence-corrected chi connectivity index (χ1v) is 7.11. The Hall–Kier alpha value is -1.52. The molecule has 0 amide bonds. The van der Waals surface area contributed by atoms with Crippen molar-refractivity contribution >= 4 is 33.5 Å². The molecule has 0 aromatic heterocycles. The summed E-state index contributed by atoms with van der Waals surface area (Å²) < 4.78 is 6.45. The average Bonchev–Trinajstić information content (AvgIpc) is 2.42. The summed E-state index contributed by atoms with van der Waals surface area (Å²) in [6.07, 6.45) is -0.636. The molecule has 3 nitrogen and oxygen atoms in total. The third-order valence-electron chi connectivity index (χ3n) is 2.70. The Morgan fingerprint density at radius 3 is 2.30 bits per heavy atom. The van der Waals surface area contributed by atoms with Crippen molar-refractivity contribution in [1.82, 2.24) is 0 Å². The smallest absolute Gasteiger partial charge is 0.345 e. The van der Waals surface area contributed by atoms with Gasteiger partial charge in [0.1, 0.15) is 5.75 Å². The predicted molar refractivity (Wildman–Crippen MR) is 81.3 cm³/mol. The van der Waals surface area contributed by atoms with Gasteiger partial charge >= 0.3 is 5.97 Å². The minimum absolute atomic E-state index is 0.297. The highest BCUT2D eigenvalue weighted by atomic mass is 79.9. The van der Waals surface area contributed by atoms with Crippen LogP contribution < -0.4 is 4.74 Å². The summed E-state index contributed by atoms with van der Waals surface area (Å²) in [4.78, 5) is 11.3. The number of carboxylic acids is 1. The highest BCUT2D eigenvalue weighted by molar-refractivity contribution is 9.10. The Balaban J connectivity index is 2.09. The van der Waals surface area contributed by atoms with Gasteiger partial charge in [-0.1, -0.05) is 39.7 Å². The van der Waals surface area contributed by atoms with Gasteiger partial charge in [0.05, 0.1) is 0 Å². The van der Waals surface area contributed by atoms with Crippen molar-refractivity contribution in [2.45, 2.75) is 12.5 Å². The van der Waals surface area contributed by atoms with Gasteiger partial charge in [0, 0.05) is 15.9 Å². The summed E-state index contributed by atoms with van der Waals surface area (Å²) in [5.74, 6) is -0.512. The zero-order valence-electron chi connectivity index (χ0n) is 10.4. The number of carbonyl (C=O) groups is 1. The first-order valence-electron chi connectivity index (χ1n) is 5.94. The second-order valence-corrected chi connectivity index (χ2v) is 5.58. The molecule has 0 fully saturated rings. The van der Waals surface area contributed by atoms with E-state index < -0.39 is 12.1 Å². The standard InChI is InChI=1S/C15H12BrClO3/c16-11-3-1-10(2-4-11)9-14(15(18)19)20-13-7-5-12(17)6-8-13/h1-8,14H,9H2,(H,18,19)/t14-/m0/s1. The molecule has 0 heterocycles. The normalized spacial score (nSPS) is 11.9. The van der Waals surface area contributed by atoms with E-state index in [2.05, 4.69) is 15.9 Å². The molecule has 20 heavy (non-hydrogen) atoms. The van der Waals surface area contributed by atoms with E-state index in [0.717, 1.165) is 10.0 Å². The molecule has 2 aromatic rings. The summed E-state index contributed by atoms with van der Waals surface area (Å²) in [6, 6.07) is 14.1. The van der Waals surface area contributed by atoms with Crippen molar-refractivity contribution in [3.05, 3.63) is 63.6 Å². The topological polar surface area (TPSA) is 46.5 Å². The van der Waals surface area contributed by atoms with E-state index >= 15 is 0 Å². The molecule has 1 atom stereocenters. The summed E-state index contributed by atoms with van der Waals surface area (Å²) in [7, 11) is 0. The predicted octanol–water partition coefficient (Wildman–Crippen LogP) is 4.18. The van der Waals surface area contributed by atoms with Crippen LogP contribution in [0.25, 0.3) is 0 Å². The molecule has 0 aliphatic rings.